The van der Waals surface area contributed by atoms with Crippen molar-refractivity contribution in [1.82, 2.24) is 9.88 Å². The first kappa shape index (κ1) is 18.8. The molecule has 4 heterocycles. The minimum absolute atomic E-state index is 0.194. The number of likely N-dealkylation sites (N-methyl/N-ethyl adjacent to an activating group) is 1. The fourth-order valence-corrected chi connectivity index (χ4v) is 3.96. The van der Waals surface area contributed by atoms with Crippen LogP contribution in [0, 0.1) is 11.3 Å². The van der Waals surface area contributed by atoms with Gasteiger partial charge in [0.2, 0.25) is 0 Å². The lowest BCUT2D eigenvalue weighted by atomic mass is 9.95. The highest BCUT2D eigenvalue weighted by molar-refractivity contribution is 5.66. The molecule has 0 saturated carbocycles. The van der Waals surface area contributed by atoms with Gasteiger partial charge in [0.1, 0.15) is 23.5 Å². The van der Waals surface area contributed by atoms with E-state index in [1.165, 1.54) is 0 Å². The molecule has 0 unspecified atom stereocenters. The zero-order valence-corrected chi connectivity index (χ0v) is 16.3. The van der Waals surface area contributed by atoms with Crippen LogP contribution in [0.4, 0.5) is 11.6 Å². The molecule has 2 aromatic heterocycles. The maximum atomic E-state index is 9.85. The summed E-state index contributed by atoms with van der Waals surface area (Å²) in [7, 11) is 0. The molecule has 2 aliphatic rings. The molecule has 7 heteroatoms. The van der Waals surface area contributed by atoms with Crippen LogP contribution >= 0.6 is 0 Å². The Morgan fingerprint density at radius 2 is 2.25 bits per heavy atom. The van der Waals surface area contributed by atoms with Gasteiger partial charge in [-0.05, 0) is 43.5 Å². The summed E-state index contributed by atoms with van der Waals surface area (Å²) in [6.45, 7) is 6.98. The van der Waals surface area contributed by atoms with Crippen LogP contribution in [-0.4, -0.2) is 42.2 Å². The van der Waals surface area contributed by atoms with Crippen molar-refractivity contribution in [2.75, 3.05) is 36.9 Å². The lowest BCUT2D eigenvalue weighted by Gasteiger charge is -2.30. The van der Waals surface area contributed by atoms with Gasteiger partial charge in [0.25, 0.3) is 0 Å². The average Bonchev–Trinajstić information content (AvgIpc) is 3.43. The van der Waals surface area contributed by atoms with E-state index in [1.807, 2.05) is 12.1 Å². The van der Waals surface area contributed by atoms with Gasteiger partial charge in [-0.2, -0.15) is 5.26 Å². The van der Waals surface area contributed by atoms with Crippen LogP contribution in [0.2, 0.25) is 0 Å². The number of pyridine rings is 1. The zero-order valence-electron chi connectivity index (χ0n) is 16.3. The quantitative estimate of drug-likeness (QED) is 0.762. The van der Waals surface area contributed by atoms with Gasteiger partial charge in [-0.3, -0.25) is 4.90 Å². The van der Waals surface area contributed by atoms with Crippen LogP contribution in [-0.2, 0) is 24.2 Å². The summed E-state index contributed by atoms with van der Waals surface area (Å²) in [6.07, 6.45) is 4.87. The molecule has 0 spiro atoms. The van der Waals surface area contributed by atoms with E-state index in [4.69, 9.17) is 14.1 Å². The monoisotopic (exact) mass is 381 g/mol. The number of rotatable bonds is 7. The third-order valence-corrected chi connectivity index (χ3v) is 5.56. The maximum absolute atomic E-state index is 9.85. The van der Waals surface area contributed by atoms with Gasteiger partial charge < -0.3 is 19.8 Å². The van der Waals surface area contributed by atoms with E-state index in [9.17, 15) is 5.26 Å². The van der Waals surface area contributed by atoms with E-state index in [0.29, 0.717) is 24.5 Å². The largest absolute Gasteiger partial charge is 0.467 e. The smallest absolute Gasteiger partial charge is 0.146 e. The van der Waals surface area contributed by atoms with Crippen molar-refractivity contribution in [3.8, 4) is 6.07 Å². The van der Waals surface area contributed by atoms with Crippen molar-refractivity contribution in [1.29, 1.82) is 5.26 Å². The number of anilines is 2. The summed E-state index contributed by atoms with van der Waals surface area (Å²) in [6, 6.07) is 6.22. The van der Waals surface area contributed by atoms with Gasteiger partial charge in [0.15, 0.2) is 0 Å². The molecule has 1 fully saturated rings. The van der Waals surface area contributed by atoms with Crippen LogP contribution in [0.25, 0.3) is 0 Å². The predicted molar refractivity (Wildman–Crippen MR) is 107 cm³/mol. The van der Waals surface area contributed by atoms with E-state index in [1.54, 1.807) is 6.26 Å². The summed E-state index contributed by atoms with van der Waals surface area (Å²) in [5.41, 5.74) is 2.91. The van der Waals surface area contributed by atoms with Crippen LogP contribution in [0.5, 0.6) is 0 Å². The van der Waals surface area contributed by atoms with Gasteiger partial charge in [0.05, 0.1) is 24.5 Å². The van der Waals surface area contributed by atoms with Crippen molar-refractivity contribution in [3.05, 3.63) is 40.8 Å². The van der Waals surface area contributed by atoms with Crippen molar-refractivity contribution >= 4 is 11.6 Å². The molecule has 4 rings (SSSR count). The molecule has 7 nitrogen and oxygen atoms in total. The molecule has 0 aromatic carbocycles. The summed E-state index contributed by atoms with van der Waals surface area (Å²) in [5.74, 6) is 2.35. The van der Waals surface area contributed by atoms with E-state index < -0.39 is 0 Å². The van der Waals surface area contributed by atoms with Crippen LogP contribution < -0.4 is 10.6 Å². The lowest BCUT2D eigenvalue weighted by molar-refractivity contribution is 0.120. The summed E-state index contributed by atoms with van der Waals surface area (Å²) in [4.78, 5) is 7.20. The predicted octanol–water partition coefficient (Wildman–Crippen LogP) is 3.13. The molecule has 2 aromatic rings. The first-order valence-corrected chi connectivity index (χ1v) is 10.1. The van der Waals surface area contributed by atoms with Crippen molar-refractivity contribution in [3.63, 3.8) is 0 Å². The Labute approximate surface area is 165 Å². The highest BCUT2D eigenvalue weighted by atomic mass is 16.5. The summed E-state index contributed by atoms with van der Waals surface area (Å²) in [5, 5.41) is 16.7. The van der Waals surface area contributed by atoms with Crippen LogP contribution in [0.3, 0.4) is 0 Å². The Morgan fingerprint density at radius 3 is 2.96 bits per heavy atom. The molecule has 0 bridgehead atoms. The Balaban J connectivity index is 1.63. The molecule has 1 atom stereocenters. The molecule has 2 aliphatic heterocycles. The maximum Gasteiger partial charge on any atom is 0.146 e. The molecule has 28 heavy (non-hydrogen) atoms. The van der Waals surface area contributed by atoms with Crippen molar-refractivity contribution in [2.45, 2.75) is 45.4 Å². The van der Waals surface area contributed by atoms with Crippen LogP contribution in [0.15, 0.2) is 22.8 Å². The number of nitrogens with zero attached hydrogens (tertiary/aromatic N) is 3. The zero-order chi connectivity index (χ0) is 19.3. The standard InChI is InChI=1S/C21H27N5O2/c1-2-26-8-7-17-18(11-22)20(23-12-15-5-3-9-27-15)25-21(19(17)14-26)24-13-16-6-4-10-28-16/h4,6,10,15H,2-3,5,7-9,12-14H2,1H3,(H2,23,24,25)/t15-/m1/s1. The molecule has 1 saturated heterocycles. The second-order valence-electron chi connectivity index (χ2n) is 7.32. The van der Waals surface area contributed by atoms with E-state index in [2.05, 4.69) is 28.5 Å². The van der Waals surface area contributed by atoms with E-state index >= 15 is 0 Å². The van der Waals surface area contributed by atoms with Crippen molar-refractivity contribution in [2.24, 2.45) is 0 Å². The molecule has 148 valence electrons. The van der Waals surface area contributed by atoms with Crippen molar-refractivity contribution < 1.29 is 9.15 Å². The fourth-order valence-electron chi connectivity index (χ4n) is 3.96. The minimum Gasteiger partial charge on any atom is -0.467 e. The number of nitriles is 1. The van der Waals surface area contributed by atoms with Gasteiger partial charge in [-0.1, -0.05) is 6.92 Å². The molecule has 0 aliphatic carbocycles. The van der Waals surface area contributed by atoms with E-state index in [0.717, 1.165) is 68.2 Å². The van der Waals surface area contributed by atoms with E-state index in [-0.39, 0.29) is 6.10 Å². The fraction of sp³-hybridized carbons (Fsp3) is 0.524. The van der Waals surface area contributed by atoms with Gasteiger partial charge in [-0.25, -0.2) is 4.98 Å². The first-order valence-electron chi connectivity index (χ1n) is 10.1. The number of ether oxygens (including phenoxy) is 1. The SMILES string of the molecule is CCN1CCc2c(C#N)c(NC[C@H]3CCCO3)nc(NCc3ccco3)c2C1. The molecule has 0 amide bonds. The highest BCUT2D eigenvalue weighted by Crippen LogP contribution is 2.32. The van der Waals surface area contributed by atoms with Gasteiger partial charge >= 0.3 is 0 Å². The average molecular weight is 381 g/mol. The number of aromatic nitrogens is 1. The third-order valence-electron chi connectivity index (χ3n) is 5.56. The lowest BCUT2D eigenvalue weighted by Crippen LogP contribution is -2.32. The first-order chi connectivity index (χ1) is 13.8. The number of fused-ring (bicyclic) bond motifs is 1. The molecule has 0 radical (unpaired) electrons. The topological polar surface area (TPSA) is 86.4 Å². The second kappa shape index (κ2) is 8.63. The summed E-state index contributed by atoms with van der Waals surface area (Å²) >= 11 is 0. The normalized spacial score (nSPS) is 19.2. The number of nitrogens with one attached hydrogen (secondary N) is 2. The molecule has 2 N–H and O–H groups in total. The highest BCUT2D eigenvalue weighted by Gasteiger charge is 2.26. The van der Waals surface area contributed by atoms with Crippen LogP contribution in [0.1, 0.15) is 42.2 Å². The number of furan rings is 1. The second-order valence-corrected chi connectivity index (χ2v) is 7.32. The molecular weight excluding hydrogens is 354 g/mol. The Morgan fingerprint density at radius 1 is 1.32 bits per heavy atom. The minimum atomic E-state index is 0.194. The summed E-state index contributed by atoms with van der Waals surface area (Å²) < 4.78 is 11.2. The third kappa shape index (κ3) is 3.98. The number of hydrogen-bond acceptors (Lipinski definition) is 7. The molecular formula is C21H27N5O2. The van der Waals surface area contributed by atoms with Gasteiger partial charge in [-0.15, -0.1) is 0 Å². The number of hydrogen-bond donors (Lipinski definition) is 2. The Bertz CT molecular complexity index is 837. The van der Waals surface area contributed by atoms with Gasteiger partial charge in [0, 0.05) is 31.8 Å². The Kier molecular flexibility index (Phi) is 5.79. The Hall–Kier alpha value is -2.56.